The molecule has 0 spiro atoms. The highest BCUT2D eigenvalue weighted by atomic mass is 79.9. The van der Waals surface area contributed by atoms with E-state index in [2.05, 4.69) is 56.9 Å². The van der Waals surface area contributed by atoms with Crippen LogP contribution >= 0.6 is 15.9 Å². The lowest BCUT2D eigenvalue weighted by molar-refractivity contribution is 0.258. The first-order valence-corrected chi connectivity index (χ1v) is 7.58. The highest BCUT2D eigenvalue weighted by molar-refractivity contribution is 9.08. The third-order valence-corrected chi connectivity index (χ3v) is 4.02. The summed E-state index contributed by atoms with van der Waals surface area (Å²) in [6, 6.07) is 8.91. The maximum atomic E-state index is 3.48. The third-order valence-electron chi connectivity index (χ3n) is 3.37. The zero-order valence-electron chi connectivity index (χ0n) is 10.5. The summed E-state index contributed by atoms with van der Waals surface area (Å²) in [5, 5.41) is 0.942. The number of alkyl halides is 1. The first-order valence-electron chi connectivity index (χ1n) is 6.45. The first-order chi connectivity index (χ1) is 8.33. The lowest BCUT2D eigenvalue weighted by Gasteiger charge is -2.36. The van der Waals surface area contributed by atoms with Crippen molar-refractivity contribution in [2.24, 2.45) is 0 Å². The van der Waals surface area contributed by atoms with Crippen LogP contribution in [0, 0.1) is 0 Å². The number of piperazine rings is 1. The van der Waals surface area contributed by atoms with Gasteiger partial charge in [0, 0.05) is 37.2 Å². The van der Waals surface area contributed by atoms with Gasteiger partial charge in [-0.25, -0.2) is 0 Å². The molecule has 0 aromatic heterocycles. The minimum absolute atomic E-state index is 0.942. The Hall–Kier alpha value is -0.540. The van der Waals surface area contributed by atoms with Gasteiger partial charge >= 0.3 is 0 Å². The van der Waals surface area contributed by atoms with Crippen molar-refractivity contribution in [1.82, 2.24) is 4.90 Å². The van der Waals surface area contributed by atoms with Gasteiger partial charge in [-0.15, -0.1) is 0 Å². The second kappa shape index (κ2) is 6.41. The molecule has 1 saturated heterocycles. The minimum atomic E-state index is 0.942. The van der Waals surface area contributed by atoms with Crippen LogP contribution < -0.4 is 4.90 Å². The normalized spacial score (nSPS) is 17.4. The molecule has 94 valence electrons. The number of hydrogen-bond donors (Lipinski definition) is 0. The quantitative estimate of drug-likeness (QED) is 0.788. The van der Waals surface area contributed by atoms with Crippen molar-refractivity contribution in [2.75, 3.05) is 37.6 Å². The summed E-state index contributed by atoms with van der Waals surface area (Å²) in [5.74, 6) is 0. The maximum Gasteiger partial charge on any atom is 0.0367 e. The molecule has 17 heavy (non-hydrogen) atoms. The van der Waals surface area contributed by atoms with Crippen molar-refractivity contribution < 1.29 is 0 Å². The lowest BCUT2D eigenvalue weighted by atomic mass is 10.2. The molecular weight excluding hydrogens is 276 g/mol. The molecule has 1 aliphatic rings. The van der Waals surface area contributed by atoms with Gasteiger partial charge in [0.1, 0.15) is 0 Å². The molecule has 1 fully saturated rings. The standard InChI is InChI=1S/C14H21BrN2/c1-2-7-16-8-10-17(11-9-16)14-5-3-13(12-15)4-6-14/h3-6H,2,7-12H2,1H3. The van der Waals surface area contributed by atoms with E-state index in [1.807, 2.05) is 0 Å². The SMILES string of the molecule is CCCN1CCN(c2ccc(CBr)cc2)CC1. The summed E-state index contributed by atoms with van der Waals surface area (Å²) in [6.45, 7) is 8.23. The summed E-state index contributed by atoms with van der Waals surface area (Å²) >= 11 is 3.48. The fraction of sp³-hybridized carbons (Fsp3) is 0.571. The van der Waals surface area contributed by atoms with Gasteiger partial charge in [-0.3, -0.25) is 4.90 Å². The van der Waals surface area contributed by atoms with Gasteiger partial charge in [0.2, 0.25) is 0 Å². The van der Waals surface area contributed by atoms with E-state index in [1.165, 1.54) is 37.3 Å². The van der Waals surface area contributed by atoms with Crippen LogP contribution in [0.3, 0.4) is 0 Å². The summed E-state index contributed by atoms with van der Waals surface area (Å²) in [5.41, 5.74) is 2.71. The zero-order valence-corrected chi connectivity index (χ0v) is 12.1. The molecule has 0 bridgehead atoms. The topological polar surface area (TPSA) is 6.48 Å². The molecule has 2 nitrogen and oxygen atoms in total. The number of rotatable bonds is 4. The smallest absolute Gasteiger partial charge is 0.0367 e. The zero-order chi connectivity index (χ0) is 12.1. The summed E-state index contributed by atoms with van der Waals surface area (Å²) in [4.78, 5) is 5.05. The van der Waals surface area contributed by atoms with Gasteiger partial charge in [0.25, 0.3) is 0 Å². The lowest BCUT2D eigenvalue weighted by Crippen LogP contribution is -2.46. The Labute approximate surface area is 113 Å². The van der Waals surface area contributed by atoms with Crippen LogP contribution in [0.4, 0.5) is 5.69 Å². The molecule has 0 aliphatic carbocycles. The monoisotopic (exact) mass is 296 g/mol. The molecule has 1 heterocycles. The first kappa shape index (κ1) is 12.9. The van der Waals surface area contributed by atoms with Crippen molar-refractivity contribution >= 4 is 21.6 Å². The Bertz CT molecular complexity index is 329. The van der Waals surface area contributed by atoms with E-state index in [1.54, 1.807) is 0 Å². The van der Waals surface area contributed by atoms with Crippen LogP contribution in [0.2, 0.25) is 0 Å². The second-order valence-electron chi connectivity index (χ2n) is 4.63. The number of anilines is 1. The van der Waals surface area contributed by atoms with E-state index in [-0.39, 0.29) is 0 Å². The minimum Gasteiger partial charge on any atom is -0.369 e. The molecule has 0 radical (unpaired) electrons. The number of halogens is 1. The molecule has 0 N–H and O–H groups in total. The largest absolute Gasteiger partial charge is 0.369 e. The average Bonchev–Trinajstić information content (AvgIpc) is 2.40. The Morgan fingerprint density at radius 1 is 1.06 bits per heavy atom. The molecule has 3 heteroatoms. The van der Waals surface area contributed by atoms with E-state index in [9.17, 15) is 0 Å². The van der Waals surface area contributed by atoms with Crippen LogP contribution in [0.25, 0.3) is 0 Å². The molecule has 0 unspecified atom stereocenters. The second-order valence-corrected chi connectivity index (χ2v) is 5.19. The van der Waals surface area contributed by atoms with Gasteiger partial charge in [0.05, 0.1) is 0 Å². The summed E-state index contributed by atoms with van der Waals surface area (Å²) in [6.07, 6.45) is 1.26. The predicted molar refractivity (Wildman–Crippen MR) is 78.0 cm³/mol. The van der Waals surface area contributed by atoms with Gasteiger partial charge < -0.3 is 4.90 Å². The Balaban J connectivity index is 1.91. The number of nitrogens with zero attached hydrogens (tertiary/aromatic N) is 2. The van der Waals surface area contributed by atoms with Crippen molar-refractivity contribution in [1.29, 1.82) is 0 Å². The molecule has 0 amide bonds. The van der Waals surface area contributed by atoms with E-state index in [4.69, 9.17) is 0 Å². The predicted octanol–water partition coefficient (Wildman–Crippen LogP) is 3.11. The molecule has 1 aliphatic heterocycles. The molecule has 0 saturated carbocycles. The van der Waals surface area contributed by atoms with E-state index < -0.39 is 0 Å². The molecular formula is C14H21BrN2. The van der Waals surface area contributed by atoms with E-state index >= 15 is 0 Å². The van der Waals surface area contributed by atoms with Crippen LogP contribution in [-0.4, -0.2) is 37.6 Å². The number of benzene rings is 1. The van der Waals surface area contributed by atoms with Crippen molar-refractivity contribution in [3.05, 3.63) is 29.8 Å². The van der Waals surface area contributed by atoms with Crippen LogP contribution in [0.1, 0.15) is 18.9 Å². The van der Waals surface area contributed by atoms with Crippen LogP contribution in [0.15, 0.2) is 24.3 Å². The molecule has 1 aromatic carbocycles. The highest BCUT2D eigenvalue weighted by Crippen LogP contribution is 2.18. The van der Waals surface area contributed by atoms with E-state index in [0.717, 1.165) is 18.4 Å². The fourth-order valence-electron chi connectivity index (χ4n) is 2.34. The Kier molecular flexibility index (Phi) is 4.86. The fourth-order valence-corrected chi connectivity index (χ4v) is 2.72. The van der Waals surface area contributed by atoms with Crippen molar-refractivity contribution in [3.63, 3.8) is 0 Å². The Morgan fingerprint density at radius 2 is 1.71 bits per heavy atom. The number of hydrogen-bond acceptors (Lipinski definition) is 2. The van der Waals surface area contributed by atoms with Crippen molar-refractivity contribution in [2.45, 2.75) is 18.7 Å². The van der Waals surface area contributed by atoms with Gasteiger partial charge in [-0.1, -0.05) is 35.0 Å². The third kappa shape index (κ3) is 3.46. The van der Waals surface area contributed by atoms with Gasteiger partial charge in [-0.05, 0) is 30.7 Å². The van der Waals surface area contributed by atoms with Crippen LogP contribution in [-0.2, 0) is 5.33 Å². The Morgan fingerprint density at radius 3 is 2.24 bits per heavy atom. The summed E-state index contributed by atoms with van der Waals surface area (Å²) in [7, 11) is 0. The van der Waals surface area contributed by atoms with Crippen molar-refractivity contribution in [3.8, 4) is 0 Å². The maximum absolute atomic E-state index is 3.48. The average molecular weight is 297 g/mol. The van der Waals surface area contributed by atoms with E-state index in [0.29, 0.717) is 0 Å². The highest BCUT2D eigenvalue weighted by Gasteiger charge is 2.15. The van der Waals surface area contributed by atoms with Gasteiger partial charge in [0.15, 0.2) is 0 Å². The molecule has 2 rings (SSSR count). The van der Waals surface area contributed by atoms with Gasteiger partial charge in [-0.2, -0.15) is 0 Å². The van der Waals surface area contributed by atoms with Crippen LogP contribution in [0.5, 0.6) is 0 Å². The molecule has 0 atom stereocenters. The molecule has 1 aromatic rings. The summed E-state index contributed by atoms with van der Waals surface area (Å²) < 4.78 is 0.